The number of anilines is 1. The highest BCUT2D eigenvalue weighted by Crippen LogP contribution is 2.29. The van der Waals surface area contributed by atoms with Gasteiger partial charge in [-0.2, -0.15) is 13.2 Å². The van der Waals surface area contributed by atoms with Gasteiger partial charge in [0.2, 0.25) is 5.91 Å². The number of halogens is 3. The van der Waals surface area contributed by atoms with Crippen LogP contribution >= 0.6 is 0 Å². The van der Waals surface area contributed by atoms with E-state index < -0.39 is 36.9 Å². The highest BCUT2D eigenvalue weighted by Gasteiger charge is 2.31. The van der Waals surface area contributed by atoms with Crippen LogP contribution in [-0.4, -0.2) is 91.6 Å². The molecule has 1 aliphatic heterocycles. The van der Waals surface area contributed by atoms with Crippen LogP contribution in [0.25, 0.3) is 0 Å². The first-order valence-electron chi connectivity index (χ1n) is 15.8. The summed E-state index contributed by atoms with van der Waals surface area (Å²) in [7, 11) is 3.65. The van der Waals surface area contributed by atoms with Crippen LogP contribution in [0, 0.1) is 5.92 Å². The molecule has 0 saturated heterocycles. The maximum atomic E-state index is 14.2. The fraction of sp³-hybridized carbons (Fsp3) is 0.588. The van der Waals surface area contributed by atoms with Gasteiger partial charge in [-0.1, -0.05) is 19.1 Å². The van der Waals surface area contributed by atoms with Crippen molar-refractivity contribution in [2.75, 3.05) is 45.8 Å². The van der Waals surface area contributed by atoms with Crippen LogP contribution in [0.15, 0.2) is 42.5 Å². The lowest BCUT2D eigenvalue weighted by Crippen LogP contribution is -2.47. The fourth-order valence-corrected chi connectivity index (χ4v) is 5.36. The maximum Gasteiger partial charge on any atom is 0.389 e. The third-order valence-electron chi connectivity index (χ3n) is 8.07. The number of alkyl halides is 3. The molecule has 0 spiro atoms. The van der Waals surface area contributed by atoms with E-state index in [1.807, 2.05) is 45.2 Å². The number of fused-ring (bicyclic) bond motifs is 1. The summed E-state index contributed by atoms with van der Waals surface area (Å²) in [6.45, 7) is 7.47. The quantitative estimate of drug-likeness (QED) is 0.330. The topological polar surface area (TPSA) is 101 Å². The zero-order chi connectivity index (χ0) is 33.9. The van der Waals surface area contributed by atoms with Crippen molar-refractivity contribution in [3.05, 3.63) is 53.6 Å². The summed E-state index contributed by atoms with van der Waals surface area (Å²) in [5.41, 5.74) is 1.45. The number of hydrogen-bond acceptors (Lipinski definition) is 7. The van der Waals surface area contributed by atoms with Crippen molar-refractivity contribution in [3.8, 4) is 11.5 Å². The number of hydrogen-bond donors (Lipinski definition) is 2. The number of carbonyl (C=O) groups is 2. The molecule has 4 atom stereocenters. The Morgan fingerprint density at radius 3 is 2.54 bits per heavy atom. The summed E-state index contributed by atoms with van der Waals surface area (Å²) in [5, 5.41) is 12.6. The van der Waals surface area contributed by atoms with E-state index >= 15 is 0 Å². The molecule has 256 valence electrons. The Kier molecular flexibility index (Phi) is 14.1. The minimum absolute atomic E-state index is 0.132. The van der Waals surface area contributed by atoms with Gasteiger partial charge in [0.1, 0.15) is 11.5 Å². The minimum atomic E-state index is -4.46. The minimum Gasteiger partial charge on any atom is -0.497 e. The van der Waals surface area contributed by atoms with Crippen LogP contribution in [0.5, 0.6) is 11.5 Å². The molecular weight excluding hydrogens is 603 g/mol. The van der Waals surface area contributed by atoms with Crippen LogP contribution in [0.4, 0.5) is 18.9 Å². The normalized spacial score (nSPS) is 20.8. The van der Waals surface area contributed by atoms with Crippen LogP contribution in [0.2, 0.25) is 0 Å². The smallest absolute Gasteiger partial charge is 0.389 e. The van der Waals surface area contributed by atoms with Gasteiger partial charge in [-0.25, -0.2) is 0 Å². The van der Waals surface area contributed by atoms with Crippen molar-refractivity contribution in [2.24, 2.45) is 5.92 Å². The molecule has 0 unspecified atom stereocenters. The number of benzene rings is 2. The summed E-state index contributed by atoms with van der Waals surface area (Å²) in [6, 6.07) is 11.8. The Bertz CT molecular complexity index is 1260. The number of amides is 2. The molecule has 1 aliphatic rings. The van der Waals surface area contributed by atoms with Crippen LogP contribution in [0.1, 0.15) is 68.8 Å². The lowest BCUT2D eigenvalue weighted by Gasteiger charge is -2.36. The summed E-state index contributed by atoms with van der Waals surface area (Å²) < 4.78 is 55.8. The van der Waals surface area contributed by atoms with Gasteiger partial charge in [-0.15, -0.1) is 0 Å². The monoisotopic (exact) mass is 651 g/mol. The summed E-state index contributed by atoms with van der Waals surface area (Å²) in [4.78, 5) is 30.2. The largest absolute Gasteiger partial charge is 0.497 e. The second-order valence-electron chi connectivity index (χ2n) is 12.2. The van der Waals surface area contributed by atoms with Gasteiger partial charge in [-0.3, -0.25) is 14.5 Å². The van der Waals surface area contributed by atoms with E-state index in [2.05, 4.69) is 10.2 Å². The molecule has 2 aromatic carbocycles. The van der Waals surface area contributed by atoms with E-state index in [4.69, 9.17) is 14.2 Å². The number of carbonyl (C=O) groups excluding carboxylic acids is 2. The lowest BCUT2D eigenvalue weighted by atomic mass is 10.0. The van der Waals surface area contributed by atoms with E-state index in [-0.39, 0.29) is 42.5 Å². The molecule has 0 aliphatic carbocycles. The van der Waals surface area contributed by atoms with Crippen LogP contribution < -0.4 is 14.8 Å². The number of methoxy groups -OCH3 is 1. The van der Waals surface area contributed by atoms with E-state index in [0.717, 1.165) is 24.2 Å². The van der Waals surface area contributed by atoms with Gasteiger partial charge in [0.15, 0.2) is 0 Å². The van der Waals surface area contributed by atoms with Gasteiger partial charge in [0.25, 0.3) is 5.91 Å². The first kappa shape index (κ1) is 37.1. The molecule has 0 radical (unpaired) electrons. The van der Waals surface area contributed by atoms with Gasteiger partial charge in [-0.05, 0) is 76.1 Å². The van der Waals surface area contributed by atoms with Crippen molar-refractivity contribution in [3.63, 3.8) is 0 Å². The second-order valence-corrected chi connectivity index (χ2v) is 12.2. The van der Waals surface area contributed by atoms with Gasteiger partial charge in [0.05, 0.1) is 44.0 Å². The summed E-state index contributed by atoms with van der Waals surface area (Å²) in [5.74, 6) is -0.280. The molecule has 0 saturated carbocycles. The zero-order valence-corrected chi connectivity index (χ0v) is 27.4. The molecule has 2 N–H and O–H groups in total. The van der Waals surface area contributed by atoms with Crippen molar-refractivity contribution >= 4 is 17.5 Å². The molecule has 0 fully saturated rings. The third kappa shape index (κ3) is 11.8. The van der Waals surface area contributed by atoms with Crippen LogP contribution in [0.3, 0.4) is 0 Å². The molecule has 1 heterocycles. The van der Waals surface area contributed by atoms with E-state index in [1.165, 1.54) is 12.1 Å². The Morgan fingerprint density at radius 2 is 1.89 bits per heavy atom. The van der Waals surface area contributed by atoms with Crippen molar-refractivity contribution < 1.29 is 42.1 Å². The lowest BCUT2D eigenvalue weighted by molar-refractivity contribution is -0.142. The Morgan fingerprint density at radius 1 is 1.17 bits per heavy atom. The predicted molar refractivity (Wildman–Crippen MR) is 170 cm³/mol. The zero-order valence-electron chi connectivity index (χ0n) is 27.4. The first-order valence-corrected chi connectivity index (χ1v) is 15.8. The van der Waals surface area contributed by atoms with E-state index in [1.54, 1.807) is 25.0 Å². The molecule has 9 nitrogen and oxygen atoms in total. The average molecular weight is 652 g/mol. The predicted octanol–water partition coefficient (Wildman–Crippen LogP) is 5.90. The number of aliphatic hydroxyl groups is 1. The third-order valence-corrected chi connectivity index (χ3v) is 8.07. The summed E-state index contributed by atoms with van der Waals surface area (Å²) in [6.07, 6.45) is -4.53. The van der Waals surface area contributed by atoms with Crippen LogP contribution in [-0.2, 0) is 16.1 Å². The van der Waals surface area contributed by atoms with E-state index in [9.17, 15) is 27.9 Å². The molecule has 0 aromatic heterocycles. The van der Waals surface area contributed by atoms with Gasteiger partial charge < -0.3 is 29.5 Å². The first-order chi connectivity index (χ1) is 21.8. The molecule has 2 aromatic rings. The number of rotatable bonds is 10. The Labute approximate surface area is 270 Å². The van der Waals surface area contributed by atoms with Crippen molar-refractivity contribution in [1.82, 2.24) is 9.80 Å². The molecule has 2 amide bonds. The standard InChI is InChI=1S/C34H48F3N3O6/c1-23-19-40(24(2)22-41)33(43)29-18-27(38-32(42)15-16-34(35,36)37)11-14-30(29)46-25(3)8-6-7-17-45-31(23)21-39(4)20-26-9-12-28(44-5)13-10-26/h9-14,18,23-25,31,41H,6-8,15-17,19-22H2,1-5H3,(H,38,42)/t23-,24-,25+,31+/m1/s1. The summed E-state index contributed by atoms with van der Waals surface area (Å²) >= 11 is 0. The highest BCUT2D eigenvalue weighted by molar-refractivity contribution is 5.99. The van der Waals surface area contributed by atoms with Gasteiger partial charge >= 0.3 is 6.18 Å². The number of aliphatic hydroxyl groups excluding tert-OH is 1. The molecular formula is C34H48F3N3O6. The van der Waals surface area contributed by atoms with E-state index in [0.29, 0.717) is 31.9 Å². The molecule has 12 heteroatoms. The number of likely N-dealkylation sites (N-methyl/N-ethyl adjacent to an activating group) is 1. The molecule has 0 bridgehead atoms. The highest BCUT2D eigenvalue weighted by atomic mass is 19.4. The molecule has 46 heavy (non-hydrogen) atoms. The van der Waals surface area contributed by atoms with Gasteiger partial charge in [0, 0.05) is 44.3 Å². The maximum absolute atomic E-state index is 14.2. The van der Waals surface area contributed by atoms with Crippen molar-refractivity contribution in [2.45, 2.75) is 83.8 Å². The fourth-order valence-electron chi connectivity index (χ4n) is 5.36. The number of nitrogens with one attached hydrogen (secondary N) is 1. The Hall–Kier alpha value is -3.35. The Balaban J connectivity index is 1.87. The molecule has 3 rings (SSSR count). The number of ether oxygens (including phenoxy) is 3. The second kappa shape index (κ2) is 17.5. The van der Waals surface area contributed by atoms with Crippen molar-refractivity contribution in [1.29, 1.82) is 0 Å². The SMILES string of the molecule is COc1ccc(CN(C)C[C@@H]2OCCCC[C@H](C)Oc3ccc(NC(=O)CCC(F)(F)F)cc3C(=O)N([C@H](C)CO)C[C@H]2C)cc1. The average Bonchev–Trinajstić information content (AvgIpc) is 3.01. The number of nitrogens with zero attached hydrogens (tertiary/aromatic N) is 2.